The lowest BCUT2D eigenvalue weighted by molar-refractivity contribution is -0.139. The van der Waals surface area contributed by atoms with Gasteiger partial charge in [-0.3, -0.25) is 4.79 Å². The Hall–Kier alpha value is -1.00. The van der Waals surface area contributed by atoms with Crippen molar-refractivity contribution < 1.29 is 9.53 Å². The Morgan fingerprint density at radius 1 is 1.35 bits per heavy atom. The summed E-state index contributed by atoms with van der Waals surface area (Å²) in [5.74, 6) is 0.843. The van der Waals surface area contributed by atoms with E-state index in [1.54, 1.807) is 11.8 Å². The van der Waals surface area contributed by atoms with Gasteiger partial charge in [-0.1, -0.05) is 30.3 Å². The molecule has 2 N–H and O–H groups in total. The van der Waals surface area contributed by atoms with Gasteiger partial charge in [0.2, 0.25) is 0 Å². The zero-order valence-electron chi connectivity index (χ0n) is 12.0. The molecule has 1 aromatic rings. The molecule has 0 spiro atoms. The summed E-state index contributed by atoms with van der Waals surface area (Å²) < 4.78 is 4.98. The van der Waals surface area contributed by atoms with E-state index in [1.165, 1.54) is 5.56 Å². The van der Waals surface area contributed by atoms with Crippen molar-refractivity contribution in [3.63, 3.8) is 0 Å². The van der Waals surface area contributed by atoms with Gasteiger partial charge in [0.1, 0.15) is 0 Å². The molecule has 2 rings (SSSR count). The number of benzene rings is 1. The van der Waals surface area contributed by atoms with Crippen LogP contribution in [0.2, 0.25) is 0 Å². The number of thioether (sulfide) groups is 1. The first-order chi connectivity index (χ1) is 9.70. The van der Waals surface area contributed by atoms with Crippen LogP contribution in [0.15, 0.2) is 30.3 Å². The summed E-state index contributed by atoms with van der Waals surface area (Å²) in [4.78, 5) is 11.5. The second-order valence-corrected chi connectivity index (χ2v) is 6.47. The van der Waals surface area contributed by atoms with E-state index in [2.05, 4.69) is 24.3 Å². The Balaban J connectivity index is 1.90. The predicted octanol–water partition coefficient (Wildman–Crippen LogP) is 2.95. The van der Waals surface area contributed by atoms with Crippen LogP contribution in [0.25, 0.3) is 0 Å². The maximum Gasteiger partial charge on any atom is 0.315 e. The highest BCUT2D eigenvalue weighted by atomic mass is 32.2. The molecule has 1 aliphatic carbocycles. The van der Waals surface area contributed by atoms with E-state index in [1.807, 2.05) is 13.0 Å². The molecule has 0 aliphatic heterocycles. The molecular weight excluding hydrogens is 270 g/mol. The number of hydrogen-bond donors (Lipinski definition) is 1. The van der Waals surface area contributed by atoms with Gasteiger partial charge in [0, 0.05) is 11.3 Å². The van der Waals surface area contributed by atoms with Crippen molar-refractivity contribution in [2.45, 2.75) is 43.4 Å². The maximum absolute atomic E-state index is 11.5. The summed E-state index contributed by atoms with van der Waals surface area (Å²) in [6.45, 7) is 2.28. The fourth-order valence-electron chi connectivity index (χ4n) is 2.75. The summed E-state index contributed by atoms with van der Waals surface area (Å²) in [6, 6.07) is 10.8. The Morgan fingerprint density at radius 3 is 2.80 bits per heavy atom. The van der Waals surface area contributed by atoms with Crippen LogP contribution in [-0.4, -0.2) is 29.6 Å². The Morgan fingerprint density at radius 2 is 2.10 bits per heavy atom. The molecule has 1 saturated carbocycles. The number of esters is 1. The van der Waals surface area contributed by atoms with Crippen molar-refractivity contribution in [3.05, 3.63) is 35.9 Å². The molecule has 0 radical (unpaired) electrons. The number of ether oxygens (including phenoxy) is 1. The van der Waals surface area contributed by atoms with E-state index in [-0.39, 0.29) is 12.0 Å². The average molecular weight is 293 g/mol. The molecule has 3 unspecified atom stereocenters. The van der Waals surface area contributed by atoms with Crippen molar-refractivity contribution >= 4 is 17.7 Å². The first-order valence-electron chi connectivity index (χ1n) is 7.28. The topological polar surface area (TPSA) is 52.3 Å². The lowest BCUT2D eigenvalue weighted by Gasteiger charge is -2.33. The molecule has 20 heavy (non-hydrogen) atoms. The minimum Gasteiger partial charge on any atom is -0.465 e. The van der Waals surface area contributed by atoms with Gasteiger partial charge >= 0.3 is 5.97 Å². The first kappa shape index (κ1) is 15.4. The number of hydrogen-bond acceptors (Lipinski definition) is 4. The monoisotopic (exact) mass is 293 g/mol. The SMILES string of the molecule is CCOC(=O)CSC1CC(c2ccccc2)CCC1N. The van der Waals surface area contributed by atoms with E-state index in [0.29, 0.717) is 23.5 Å². The van der Waals surface area contributed by atoms with Crippen molar-refractivity contribution in [1.82, 2.24) is 0 Å². The van der Waals surface area contributed by atoms with Gasteiger partial charge in [-0.2, -0.15) is 0 Å². The highest BCUT2D eigenvalue weighted by Gasteiger charge is 2.29. The molecule has 3 atom stereocenters. The third-order valence-electron chi connectivity index (χ3n) is 3.83. The van der Waals surface area contributed by atoms with Crippen molar-refractivity contribution in [1.29, 1.82) is 0 Å². The van der Waals surface area contributed by atoms with Gasteiger partial charge in [-0.15, -0.1) is 11.8 Å². The van der Waals surface area contributed by atoms with Gasteiger partial charge in [0.15, 0.2) is 0 Å². The largest absolute Gasteiger partial charge is 0.465 e. The zero-order valence-corrected chi connectivity index (χ0v) is 12.8. The fourth-order valence-corrected chi connectivity index (χ4v) is 3.94. The smallest absolute Gasteiger partial charge is 0.315 e. The van der Waals surface area contributed by atoms with E-state index in [4.69, 9.17) is 10.5 Å². The van der Waals surface area contributed by atoms with Crippen molar-refractivity contribution in [2.24, 2.45) is 5.73 Å². The molecular formula is C16H23NO2S. The Labute approximate surface area is 125 Å². The molecule has 0 bridgehead atoms. The average Bonchev–Trinajstić information content (AvgIpc) is 2.47. The summed E-state index contributed by atoms with van der Waals surface area (Å²) in [6.07, 6.45) is 3.22. The lowest BCUT2D eigenvalue weighted by atomic mass is 9.82. The van der Waals surface area contributed by atoms with E-state index in [9.17, 15) is 4.79 Å². The molecule has 110 valence electrons. The molecule has 1 aromatic carbocycles. The maximum atomic E-state index is 11.5. The van der Waals surface area contributed by atoms with Crippen molar-refractivity contribution in [2.75, 3.05) is 12.4 Å². The third kappa shape index (κ3) is 4.25. The minimum atomic E-state index is -0.133. The molecule has 0 saturated heterocycles. The first-order valence-corrected chi connectivity index (χ1v) is 8.33. The molecule has 1 fully saturated rings. The molecule has 4 heteroatoms. The lowest BCUT2D eigenvalue weighted by Crippen LogP contribution is -2.38. The van der Waals surface area contributed by atoms with Crippen LogP contribution in [0.1, 0.15) is 37.7 Å². The summed E-state index contributed by atoms with van der Waals surface area (Å²) in [7, 11) is 0. The van der Waals surface area contributed by atoms with Gasteiger partial charge < -0.3 is 10.5 Å². The molecule has 0 aromatic heterocycles. The Bertz CT molecular complexity index is 424. The van der Waals surface area contributed by atoms with Crippen LogP contribution >= 0.6 is 11.8 Å². The highest BCUT2D eigenvalue weighted by Crippen LogP contribution is 2.37. The standard InChI is InChI=1S/C16H23NO2S/c1-2-19-16(18)11-20-15-10-13(8-9-14(15)17)12-6-4-3-5-7-12/h3-7,13-15H,2,8-11,17H2,1H3. The second-order valence-electron chi connectivity index (χ2n) is 5.24. The van der Waals surface area contributed by atoms with Gasteiger partial charge in [0.05, 0.1) is 12.4 Å². The molecule has 1 aliphatic rings. The minimum absolute atomic E-state index is 0.133. The van der Waals surface area contributed by atoms with Crippen molar-refractivity contribution in [3.8, 4) is 0 Å². The number of carbonyl (C=O) groups excluding carboxylic acids is 1. The van der Waals surface area contributed by atoms with E-state index < -0.39 is 0 Å². The summed E-state index contributed by atoms with van der Waals surface area (Å²) in [5.41, 5.74) is 7.60. The molecule has 0 heterocycles. The normalized spacial score (nSPS) is 26.2. The number of rotatable bonds is 5. The van der Waals surface area contributed by atoms with Crippen LogP contribution in [0.5, 0.6) is 0 Å². The number of carbonyl (C=O) groups is 1. The Kier molecular flexibility index (Phi) is 5.92. The van der Waals surface area contributed by atoms with E-state index >= 15 is 0 Å². The third-order valence-corrected chi connectivity index (χ3v) is 5.21. The summed E-state index contributed by atoms with van der Waals surface area (Å²) >= 11 is 1.65. The van der Waals surface area contributed by atoms with Crippen LogP contribution in [0.4, 0.5) is 0 Å². The van der Waals surface area contributed by atoms with Crippen LogP contribution in [0.3, 0.4) is 0 Å². The van der Waals surface area contributed by atoms with E-state index in [0.717, 1.165) is 19.3 Å². The number of nitrogens with two attached hydrogens (primary N) is 1. The van der Waals surface area contributed by atoms with Crippen LogP contribution in [-0.2, 0) is 9.53 Å². The van der Waals surface area contributed by atoms with Gasteiger partial charge in [0.25, 0.3) is 0 Å². The quantitative estimate of drug-likeness (QED) is 0.848. The van der Waals surface area contributed by atoms with Crippen LogP contribution in [0, 0.1) is 0 Å². The fraction of sp³-hybridized carbons (Fsp3) is 0.562. The molecule has 3 nitrogen and oxygen atoms in total. The van der Waals surface area contributed by atoms with Crippen LogP contribution < -0.4 is 5.73 Å². The summed E-state index contributed by atoms with van der Waals surface area (Å²) in [5, 5.41) is 0.346. The second kappa shape index (κ2) is 7.70. The highest BCUT2D eigenvalue weighted by molar-refractivity contribution is 8.00. The predicted molar refractivity (Wildman–Crippen MR) is 83.9 cm³/mol. The van der Waals surface area contributed by atoms with Gasteiger partial charge in [-0.05, 0) is 37.7 Å². The zero-order chi connectivity index (χ0) is 14.4. The molecule has 0 amide bonds. The van der Waals surface area contributed by atoms with Gasteiger partial charge in [-0.25, -0.2) is 0 Å².